The highest BCUT2D eigenvalue weighted by molar-refractivity contribution is 5.99. The molecule has 29 heteroatoms. The molecular formula is C55H82N12O17. The molecule has 464 valence electrons. The summed E-state index contributed by atoms with van der Waals surface area (Å²) in [7, 11) is 0. The van der Waals surface area contributed by atoms with Gasteiger partial charge in [-0.05, 0) is 114 Å². The van der Waals surface area contributed by atoms with Crippen molar-refractivity contribution >= 4 is 59.1 Å². The monoisotopic (exact) mass is 1180 g/mol. The van der Waals surface area contributed by atoms with Crippen molar-refractivity contribution in [3.05, 3.63) is 59.7 Å². The van der Waals surface area contributed by atoms with Crippen molar-refractivity contribution in [2.45, 2.75) is 170 Å². The summed E-state index contributed by atoms with van der Waals surface area (Å²) < 4.78 is 0. The van der Waals surface area contributed by atoms with Crippen LogP contribution >= 0.6 is 0 Å². The molecule has 13 atom stereocenters. The molecule has 0 bridgehead atoms. The van der Waals surface area contributed by atoms with Crippen LogP contribution < -0.4 is 49.1 Å². The van der Waals surface area contributed by atoms with Gasteiger partial charge in [0.2, 0.25) is 53.2 Å². The second-order valence-corrected chi connectivity index (χ2v) is 21.6. The van der Waals surface area contributed by atoms with Gasteiger partial charge in [0.15, 0.2) is 0 Å². The molecule has 3 saturated heterocycles. The molecule has 0 radical (unpaired) electrons. The van der Waals surface area contributed by atoms with Gasteiger partial charge in [-0.25, -0.2) is 4.79 Å². The number of carboxylic acids is 1. The number of nitrogens with one attached hydrogen (secondary N) is 6. The Morgan fingerprint density at radius 1 is 0.560 bits per heavy atom. The predicted molar refractivity (Wildman–Crippen MR) is 298 cm³/mol. The normalized spacial score (nSPS) is 21.4. The van der Waals surface area contributed by atoms with Crippen LogP contribution in [-0.4, -0.2) is 228 Å². The number of benzene rings is 2. The van der Waals surface area contributed by atoms with Crippen LogP contribution in [0.4, 0.5) is 0 Å². The van der Waals surface area contributed by atoms with Crippen molar-refractivity contribution in [3.63, 3.8) is 0 Å². The van der Waals surface area contributed by atoms with E-state index >= 15 is 0 Å². The van der Waals surface area contributed by atoms with Gasteiger partial charge >= 0.3 is 5.97 Å². The average molecular weight is 1180 g/mol. The minimum absolute atomic E-state index is 0.0212. The number of carbonyl (C=O) groups is 10. The zero-order valence-corrected chi connectivity index (χ0v) is 47.1. The SMILES string of the molecule is C[C@H](N)C(=O)N[C@@H](CCCCN)C(=O)N1CCC[C@H]1C(=O)N[C@@H](CO)C(=O)N[C@@H](Cc1ccc(O)cc1)C(=O)N1C[C@H](O)C[C@H]1C(=O)N[C@H](C(=O)N[C@@H](Cc1ccc(O)cc1)C(=O)N1C[C@H](O)C[C@H]1C(=O)N[C@@H](CCCCN)C(=O)O)[C@@H](C)O. The minimum atomic E-state index is -1.88. The number of rotatable bonds is 30. The maximum atomic E-state index is 14.8. The Kier molecular flexibility index (Phi) is 25.6. The molecule has 19 N–H and O–H groups in total. The van der Waals surface area contributed by atoms with Gasteiger partial charge in [0.1, 0.15) is 65.9 Å². The summed E-state index contributed by atoms with van der Waals surface area (Å²) in [6.07, 6.45) is -3.03. The maximum Gasteiger partial charge on any atom is 0.326 e. The lowest BCUT2D eigenvalue weighted by Crippen LogP contribution is -2.62. The predicted octanol–water partition coefficient (Wildman–Crippen LogP) is -5.23. The highest BCUT2D eigenvalue weighted by atomic mass is 16.4. The van der Waals surface area contributed by atoms with Crippen LogP contribution in [0, 0.1) is 0 Å². The molecular weight excluding hydrogens is 1100 g/mol. The third-order valence-corrected chi connectivity index (χ3v) is 15.0. The Balaban J connectivity index is 1.35. The van der Waals surface area contributed by atoms with E-state index in [1.54, 1.807) is 0 Å². The van der Waals surface area contributed by atoms with Crippen LogP contribution in [0.15, 0.2) is 48.5 Å². The quantitative estimate of drug-likeness (QED) is 0.0325. The Hall–Kier alpha value is -7.54. The molecule has 3 aliphatic rings. The number of amides is 9. The standard InChI is InChI=1S/C55H82N12O17/c1-29(58)46(74)59-37(8-3-5-19-56)52(80)65-21-7-10-42(65)48(76)63-41(28-68)47(75)61-39(22-31-11-15-33(70)16-12-31)53(81)67-27-36(73)25-44(67)50(78)64-45(30(2)69)51(79)62-40(23-32-13-17-34(71)18-14-32)54(82)66-26-35(72)24-43(66)49(77)60-38(55(83)84)9-4-6-20-57/h11-18,29-30,35-45,68-73H,3-10,19-28,56-58H2,1-2H3,(H,59,74)(H,60,77)(H,61,75)(H,62,79)(H,63,76)(H,64,78)(H,83,84)/t29-,30+,35+,36+,37-,38-,39-,40-,41-,42-,43-,44-,45-/m0/s1. The number of unbranched alkanes of at least 4 members (excludes halogenated alkanes) is 2. The number of hydrogen-bond acceptors (Lipinski definition) is 19. The van der Waals surface area contributed by atoms with Crippen molar-refractivity contribution in [1.82, 2.24) is 46.6 Å². The molecule has 0 aliphatic carbocycles. The van der Waals surface area contributed by atoms with E-state index < -0.39 is 164 Å². The zero-order chi connectivity index (χ0) is 61.9. The molecule has 84 heavy (non-hydrogen) atoms. The number of aliphatic carboxylic acids is 1. The Morgan fingerprint density at radius 3 is 1.44 bits per heavy atom. The van der Waals surface area contributed by atoms with Crippen molar-refractivity contribution < 1.29 is 83.7 Å². The Labute approximate surface area is 485 Å². The number of phenols is 2. The topological polar surface area (TPSA) is 472 Å². The number of nitrogens with zero attached hydrogens (tertiary/aromatic N) is 3. The van der Waals surface area contributed by atoms with Gasteiger partial charge in [-0.2, -0.15) is 0 Å². The van der Waals surface area contributed by atoms with E-state index in [1.165, 1.54) is 60.4 Å². The molecule has 9 amide bonds. The molecule has 3 heterocycles. The van der Waals surface area contributed by atoms with Crippen molar-refractivity contribution in [1.29, 1.82) is 0 Å². The van der Waals surface area contributed by atoms with Crippen LogP contribution in [0.5, 0.6) is 11.5 Å². The van der Waals surface area contributed by atoms with Gasteiger partial charge < -0.3 is 99.5 Å². The summed E-state index contributed by atoms with van der Waals surface area (Å²) in [6.45, 7) is 1.43. The minimum Gasteiger partial charge on any atom is -0.508 e. The number of β-amino-alcohol motifs (C(OH)–C–C–N with tert-alkyl or cyclic N) is 2. The maximum absolute atomic E-state index is 14.8. The van der Waals surface area contributed by atoms with Crippen LogP contribution in [-0.2, 0) is 60.8 Å². The van der Waals surface area contributed by atoms with E-state index in [2.05, 4.69) is 31.9 Å². The number of likely N-dealkylation sites (tertiary alicyclic amines) is 3. The average Bonchev–Trinajstić information content (AvgIpc) is 4.25. The second kappa shape index (κ2) is 31.9. The number of carboxylic acid groups (broad SMARTS) is 1. The van der Waals surface area contributed by atoms with Crippen LogP contribution in [0.1, 0.15) is 89.2 Å². The van der Waals surface area contributed by atoms with E-state index in [-0.39, 0.29) is 63.1 Å². The highest BCUT2D eigenvalue weighted by Crippen LogP contribution is 2.25. The van der Waals surface area contributed by atoms with Gasteiger partial charge in [0, 0.05) is 45.3 Å². The van der Waals surface area contributed by atoms with Gasteiger partial charge in [-0.15, -0.1) is 0 Å². The second-order valence-electron chi connectivity index (χ2n) is 21.6. The molecule has 3 fully saturated rings. The molecule has 29 nitrogen and oxygen atoms in total. The number of carbonyl (C=O) groups excluding carboxylic acids is 9. The first-order chi connectivity index (χ1) is 39.9. The van der Waals surface area contributed by atoms with E-state index in [0.717, 1.165) is 16.7 Å². The summed E-state index contributed by atoms with van der Waals surface area (Å²) >= 11 is 0. The molecule has 0 saturated carbocycles. The van der Waals surface area contributed by atoms with E-state index in [1.807, 2.05) is 0 Å². The first-order valence-corrected chi connectivity index (χ1v) is 28.2. The van der Waals surface area contributed by atoms with Crippen molar-refractivity contribution in [2.75, 3.05) is 39.3 Å². The van der Waals surface area contributed by atoms with Gasteiger partial charge in [-0.1, -0.05) is 24.3 Å². The van der Waals surface area contributed by atoms with Crippen LogP contribution in [0.2, 0.25) is 0 Å². The fourth-order valence-electron chi connectivity index (χ4n) is 10.4. The molecule has 0 spiro atoms. The van der Waals surface area contributed by atoms with E-state index in [0.29, 0.717) is 49.8 Å². The molecule has 0 aromatic heterocycles. The lowest BCUT2D eigenvalue weighted by molar-refractivity contribution is -0.145. The first kappa shape index (κ1) is 67.3. The number of hydrogen-bond donors (Lipinski definition) is 16. The van der Waals surface area contributed by atoms with E-state index in [9.17, 15) is 83.7 Å². The lowest BCUT2D eigenvalue weighted by Gasteiger charge is -2.32. The Morgan fingerprint density at radius 2 is 0.988 bits per heavy atom. The summed E-state index contributed by atoms with van der Waals surface area (Å²) in [5, 5.41) is 88.1. The highest BCUT2D eigenvalue weighted by Gasteiger charge is 2.46. The largest absolute Gasteiger partial charge is 0.508 e. The summed E-state index contributed by atoms with van der Waals surface area (Å²) in [4.78, 5) is 141. The molecule has 3 aliphatic heterocycles. The van der Waals surface area contributed by atoms with Gasteiger partial charge in [0.05, 0.1) is 31.0 Å². The first-order valence-electron chi connectivity index (χ1n) is 28.2. The molecule has 2 aromatic rings. The van der Waals surface area contributed by atoms with Crippen LogP contribution in [0.25, 0.3) is 0 Å². The van der Waals surface area contributed by atoms with Crippen LogP contribution in [0.3, 0.4) is 0 Å². The summed E-state index contributed by atoms with van der Waals surface area (Å²) in [5.41, 5.74) is 17.7. The van der Waals surface area contributed by atoms with Crippen molar-refractivity contribution in [3.8, 4) is 11.5 Å². The summed E-state index contributed by atoms with van der Waals surface area (Å²) in [5.74, 6) is -9.68. The number of aliphatic hydroxyl groups is 4. The molecule has 2 aromatic carbocycles. The van der Waals surface area contributed by atoms with Gasteiger partial charge in [-0.3, -0.25) is 43.2 Å². The smallest absolute Gasteiger partial charge is 0.326 e. The number of aromatic hydroxyl groups is 2. The fourth-order valence-corrected chi connectivity index (χ4v) is 10.4. The molecule has 0 unspecified atom stereocenters. The third kappa shape index (κ3) is 18.7. The number of phenolic OH excluding ortho intramolecular Hbond substituents is 2. The van der Waals surface area contributed by atoms with E-state index in [4.69, 9.17) is 17.2 Å². The summed E-state index contributed by atoms with van der Waals surface area (Å²) in [6, 6.07) is -3.26. The molecule has 5 rings (SSSR count). The zero-order valence-electron chi connectivity index (χ0n) is 47.1. The number of aliphatic hydroxyl groups excluding tert-OH is 4. The number of nitrogens with two attached hydrogens (primary N) is 3. The van der Waals surface area contributed by atoms with Gasteiger partial charge in [0.25, 0.3) is 0 Å². The Bertz CT molecular complexity index is 2610. The third-order valence-electron chi connectivity index (χ3n) is 15.0. The van der Waals surface area contributed by atoms with Crippen molar-refractivity contribution in [2.24, 2.45) is 17.2 Å². The lowest BCUT2D eigenvalue weighted by atomic mass is 10.0. The fraction of sp³-hybridized carbons (Fsp3) is 0.600.